The highest BCUT2D eigenvalue weighted by molar-refractivity contribution is 6.14. The van der Waals surface area contributed by atoms with Gasteiger partial charge in [0.25, 0.3) is 0 Å². The van der Waals surface area contributed by atoms with Crippen molar-refractivity contribution in [2.45, 2.75) is 27.7 Å². The fourth-order valence-corrected chi connectivity index (χ4v) is 1.63. The van der Waals surface area contributed by atoms with Crippen molar-refractivity contribution in [1.82, 2.24) is 4.90 Å². The van der Waals surface area contributed by atoms with E-state index in [-0.39, 0.29) is 43.4 Å². The smallest absolute Gasteiger partial charge is 0.345 e. The molecule has 0 aliphatic carbocycles. The van der Waals surface area contributed by atoms with Gasteiger partial charge in [0.1, 0.15) is 17.1 Å². The van der Waals surface area contributed by atoms with Crippen LogP contribution in [0, 0.1) is 0 Å². The fourth-order valence-electron chi connectivity index (χ4n) is 1.63. The predicted octanol–water partition coefficient (Wildman–Crippen LogP) is 1.03. The normalized spacial score (nSPS) is 10.1. The van der Waals surface area contributed by atoms with E-state index in [4.69, 9.17) is 9.47 Å². The molecule has 0 amide bonds. The van der Waals surface area contributed by atoms with Gasteiger partial charge in [-0.15, -0.1) is 0 Å². The first-order valence-corrected chi connectivity index (χ1v) is 7.27. The molecule has 0 heterocycles. The maximum absolute atomic E-state index is 11.7. The van der Waals surface area contributed by atoms with Crippen LogP contribution in [0.15, 0.2) is 23.9 Å². The highest BCUT2D eigenvalue weighted by Gasteiger charge is 2.19. The minimum absolute atomic E-state index is 0.0536. The summed E-state index contributed by atoms with van der Waals surface area (Å²) in [6.07, 6.45) is 4.10. The van der Waals surface area contributed by atoms with E-state index in [1.165, 1.54) is 37.1 Å². The Hall–Kier alpha value is -2.44. The van der Waals surface area contributed by atoms with Crippen LogP contribution in [0.4, 0.5) is 0 Å². The molecule has 128 valence electrons. The van der Waals surface area contributed by atoms with Gasteiger partial charge in [-0.05, 0) is 46.0 Å². The zero-order valence-electron chi connectivity index (χ0n) is 14.0. The van der Waals surface area contributed by atoms with Crippen molar-refractivity contribution in [3.05, 3.63) is 23.9 Å². The predicted molar refractivity (Wildman–Crippen MR) is 83.4 cm³/mol. The monoisotopic (exact) mass is 325 g/mol. The van der Waals surface area contributed by atoms with Crippen LogP contribution >= 0.6 is 0 Å². The molecule has 0 bridgehead atoms. The average molecular weight is 325 g/mol. The maximum atomic E-state index is 11.7. The summed E-state index contributed by atoms with van der Waals surface area (Å²) < 4.78 is 9.59. The number of carbonyl (C=O) groups excluding carboxylic acids is 4. The lowest BCUT2D eigenvalue weighted by atomic mass is 10.2. The Morgan fingerprint density at radius 2 is 1.30 bits per heavy atom. The fraction of sp³-hybridized carbons (Fsp3) is 0.500. The maximum Gasteiger partial charge on any atom is 0.345 e. The lowest BCUT2D eigenvalue weighted by Crippen LogP contribution is -2.28. The SMILES string of the molecule is CCOC(=O)C(=C/C=C/N(CC(C)=O)CC(C)=O)C(=O)OCC. The van der Waals surface area contributed by atoms with Gasteiger partial charge in [-0.1, -0.05) is 0 Å². The number of nitrogens with zero attached hydrogens (tertiary/aromatic N) is 1. The van der Waals surface area contributed by atoms with Crippen molar-refractivity contribution >= 4 is 23.5 Å². The summed E-state index contributed by atoms with van der Waals surface area (Å²) in [6.45, 7) is 6.41. The second-order valence-electron chi connectivity index (χ2n) is 4.67. The third-order valence-electron chi connectivity index (χ3n) is 2.40. The number of hydrogen-bond acceptors (Lipinski definition) is 7. The molecule has 0 rings (SSSR count). The molecule has 0 aromatic heterocycles. The molecule has 0 aliphatic rings. The molecule has 7 nitrogen and oxygen atoms in total. The summed E-state index contributed by atoms with van der Waals surface area (Å²) in [7, 11) is 0. The Morgan fingerprint density at radius 3 is 1.65 bits per heavy atom. The van der Waals surface area contributed by atoms with Crippen molar-refractivity contribution in [1.29, 1.82) is 0 Å². The molecule has 0 saturated carbocycles. The van der Waals surface area contributed by atoms with E-state index in [1.54, 1.807) is 13.8 Å². The van der Waals surface area contributed by atoms with Crippen LogP contribution in [0.3, 0.4) is 0 Å². The highest BCUT2D eigenvalue weighted by Crippen LogP contribution is 2.04. The molecule has 0 unspecified atom stereocenters. The number of rotatable bonds is 10. The first kappa shape index (κ1) is 20.6. The number of hydrogen-bond donors (Lipinski definition) is 0. The topological polar surface area (TPSA) is 90.0 Å². The van der Waals surface area contributed by atoms with E-state index >= 15 is 0 Å². The van der Waals surface area contributed by atoms with Crippen LogP contribution in [-0.2, 0) is 28.7 Å². The summed E-state index contributed by atoms with van der Waals surface area (Å²) >= 11 is 0. The third-order valence-corrected chi connectivity index (χ3v) is 2.40. The first-order valence-electron chi connectivity index (χ1n) is 7.27. The molecule has 0 radical (unpaired) electrons. The Balaban J connectivity index is 5.20. The number of ketones is 2. The lowest BCUT2D eigenvalue weighted by Gasteiger charge is -2.16. The van der Waals surface area contributed by atoms with Gasteiger partial charge in [0.15, 0.2) is 0 Å². The van der Waals surface area contributed by atoms with Gasteiger partial charge in [0.05, 0.1) is 26.3 Å². The molecule has 0 aliphatic heterocycles. The van der Waals surface area contributed by atoms with Gasteiger partial charge in [0, 0.05) is 0 Å². The molecule has 0 saturated heterocycles. The lowest BCUT2D eigenvalue weighted by molar-refractivity contribution is -0.146. The number of ether oxygens (including phenoxy) is 2. The molecule has 0 N–H and O–H groups in total. The number of esters is 2. The van der Waals surface area contributed by atoms with Crippen molar-refractivity contribution < 1.29 is 28.7 Å². The highest BCUT2D eigenvalue weighted by atomic mass is 16.6. The molecular formula is C16H23NO6. The molecule has 23 heavy (non-hydrogen) atoms. The van der Waals surface area contributed by atoms with Gasteiger partial charge in [-0.2, -0.15) is 0 Å². The van der Waals surface area contributed by atoms with Crippen LogP contribution in [0.5, 0.6) is 0 Å². The summed E-state index contributed by atoms with van der Waals surface area (Å²) in [5.74, 6) is -1.81. The van der Waals surface area contributed by atoms with Crippen LogP contribution in [-0.4, -0.2) is 54.7 Å². The van der Waals surface area contributed by atoms with Gasteiger partial charge in [-0.25, -0.2) is 9.59 Å². The van der Waals surface area contributed by atoms with E-state index in [2.05, 4.69) is 0 Å². The minimum Gasteiger partial charge on any atom is -0.462 e. The molecular weight excluding hydrogens is 302 g/mol. The Labute approximate surface area is 135 Å². The standard InChI is InChI=1S/C16H23NO6/c1-5-22-15(20)14(16(21)23-6-2)8-7-9-17(10-12(3)18)11-13(4)19/h7-9H,5-6,10-11H2,1-4H3/b9-7+. The van der Waals surface area contributed by atoms with Crippen molar-refractivity contribution in [3.8, 4) is 0 Å². The Morgan fingerprint density at radius 1 is 0.870 bits per heavy atom. The van der Waals surface area contributed by atoms with E-state index in [1.807, 2.05) is 0 Å². The van der Waals surface area contributed by atoms with Gasteiger partial charge < -0.3 is 14.4 Å². The minimum atomic E-state index is -0.791. The molecule has 7 heteroatoms. The van der Waals surface area contributed by atoms with Crippen molar-refractivity contribution in [3.63, 3.8) is 0 Å². The quantitative estimate of drug-likeness (QED) is 0.195. The van der Waals surface area contributed by atoms with Gasteiger partial charge in [0.2, 0.25) is 0 Å². The van der Waals surface area contributed by atoms with E-state index in [0.29, 0.717) is 0 Å². The number of allylic oxidation sites excluding steroid dienone is 2. The largest absolute Gasteiger partial charge is 0.462 e. The Kier molecular flexibility index (Phi) is 9.99. The molecule has 0 atom stereocenters. The number of Topliss-reactive ketones (excluding diaryl/α,β-unsaturated/α-hetero) is 2. The summed E-state index contributed by atoms with van der Waals surface area (Å²) in [5, 5.41) is 0. The summed E-state index contributed by atoms with van der Waals surface area (Å²) in [6, 6.07) is 0. The zero-order chi connectivity index (χ0) is 17.8. The zero-order valence-corrected chi connectivity index (χ0v) is 14.0. The van der Waals surface area contributed by atoms with Crippen molar-refractivity contribution in [2.75, 3.05) is 26.3 Å². The van der Waals surface area contributed by atoms with Crippen molar-refractivity contribution in [2.24, 2.45) is 0 Å². The molecule has 0 aromatic carbocycles. The Bertz CT molecular complexity index is 471. The van der Waals surface area contributed by atoms with Crippen LogP contribution in [0.1, 0.15) is 27.7 Å². The van der Waals surface area contributed by atoms with E-state index < -0.39 is 11.9 Å². The third kappa shape index (κ3) is 9.23. The van der Waals surface area contributed by atoms with E-state index in [0.717, 1.165) is 0 Å². The molecule has 0 spiro atoms. The first-order chi connectivity index (χ1) is 10.8. The average Bonchev–Trinajstić information content (AvgIpc) is 2.42. The van der Waals surface area contributed by atoms with Gasteiger partial charge >= 0.3 is 11.9 Å². The molecule has 0 fully saturated rings. The van der Waals surface area contributed by atoms with Gasteiger partial charge in [-0.3, -0.25) is 9.59 Å². The van der Waals surface area contributed by atoms with Crippen LogP contribution < -0.4 is 0 Å². The second-order valence-corrected chi connectivity index (χ2v) is 4.67. The second kappa shape index (κ2) is 11.2. The summed E-state index contributed by atoms with van der Waals surface area (Å²) in [5.41, 5.74) is -0.254. The number of carbonyl (C=O) groups is 4. The van der Waals surface area contributed by atoms with E-state index in [9.17, 15) is 19.2 Å². The van der Waals surface area contributed by atoms with Crippen LogP contribution in [0.2, 0.25) is 0 Å². The molecule has 0 aromatic rings. The van der Waals surface area contributed by atoms with Crippen LogP contribution in [0.25, 0.3) is 0 Å². The summed E-state index contributed by atoms with van der Waals surface area (Å²) in [4.78, 5) is 47.3.